The molecule has 272 valence electrons. The summed E-state index contributed by atoms with van der Waals surface area (Å²) in [4.78, 5) is 0. The molecule has 4 aromatic carbocycles. The summed E-state index contributed by atoms with van der Waals surface area (Å²) >= 11 is -2.62. The fourth-order valence-corrected chi connectivity index (χ4v) is 17.9. The molecule has 0 amide bonds. The number of unbranched alkanes of at least 4 members (excludes halogenated alkanes) is 2. The molecule has 0 N–H and O–H groups in total. The van der Waals surface area contributed by atoms with Gasteiger partial charge in [0.2, 0.25) is 0 Å². The van der Waals surface area contributed by atoms with Crippen LogP contribution in [0, 0.1) is 27.7 Å². The summed E-state index contributed by atoms with van der Waals surface area (Å²) < 4.78 is 5.53. The maximum atomic E-state index is 2.67. The van der Waals surface area contributed by atoms with Crippen LogP contribution in [0.25, 0.3) is 33.4 Å². The number of benzene rings is 4. The number of rotatable bonds is 10. The fraction of sp³-hybridized carbons (Fsp3) is 0.431. The van der Waals surface area contributed by atoms with E-state index in [1.165, 1.54) is 105 Å². The van der Waals surface area contributed by atoms with E-state index < -0.39 is 21.3 Å². The van der Waals surface area contributed by atoms with E-state index in [2.05, 4.69) is 156 Å². The first-order valence-corrected chi connectivity index (χ1v) is 23.9. The van der Waals surface area contributed by atoms with Crippen molar-refractivity contribution in [3.63, 3.8) is 0 Å². The fourth-order valence-electron chi connectivity index (χ4n) is 9.01. The maximum absolute atomic E-state index is 2.67. The second-order valence-electron chi connectivity index (χ2n) is 18.2. The summed E-state index contributed by atoms with van der Waals surface area (Å²) in [6, 6.07) is 22.4. The third-order valence-electron chi connectivity index (χ3n) is 11.4. The van der Waals surface area contributed by atoms with Crippen molar-refractivity contribution < 1.29 is 21.3 Å². The SMILES string of the molecule is CCCC[C](CCCC)=[Zr]([C]1=CC=CC1)[c]1c2c(cc(C(C)(C)C)c1-c1cc(C)cc(C)c1)-c1cc(C(C)(C)C)c(-c3cc(C)cc(C)c3)cc1C2. The van der Waals surface area contributed by atoms with Crippen molar-refractivity contribution in [2.75, 3.05) is 0 Å². The Morgan fingerprint density at radius 3 is 1.65 bits per heavy atom. The van der Waals surface area contributed by atoms with Gasteiger partial charge in [0.25, 0.3) is 0 Å². The van der Waals surface area contributed by atoms with E-state index in [9.17, 15) is 0 Å². The van der Waals surface area contributed by atoms with Crippen LogP contribution in [0.2, 0.25) is 0 Å². The molecule has 0 radical (unpaired) electrons. The standard InChI is InChI=1S/C37H41.C9H18.C5H5.Zr/c1-22-11-23(2)14-26(13-22)32-18-28-17-29-19-33(27-15-24(3)12-25(4)16-27)35(37(8,9)10)21-31(29)30(28)20-34(32)36(5,6)7;1-3-5-7-9-8-6-4-2;1-2-4-5-3-1;/h11-16,18,20-21H,17H2,1-10H3;3-8H2,1-2H3;1-3H,4H2;. The molecule has 0 unspecified atom stereocenters. The predicted molar refractivity (Wildman–Crippen MR) is 227 cm³/mol. The molecule has 0 heterocycles. The molecule has 0 saturated heterocycles. The molecule has 52 heavy (non-hydrogen) atoms. The molecule has 0 aliphatic heterocycles. The zero-order valence-corrected chi connectivity index (χ0v) is 37.0. The number of hydrogen-bond donors (Lipinski definition) is 0. The molecule has 6 rings (SSSR count). The van der Waals surface area contributed by atoms with E-state index in [-0.39, 0.29) is 10.8 Å². The number of aryl methyl sites for hydroxylation is 4. The van der Waals surface area contributed by atoms with Gasteiger partial charge in [-0.3, -0.25) is 0 Å². The molecule has 0 bridgehead atoms. The van der Waals surface area contributed by atoms with E-state index in [0.717, 1.165) is 12.8 Å². The number of hydrogen-bond acceptors (Lipinski definition) is 0. The molecule has 0 aromatic heterocycles. The molecule has 2 aliphatic rings. The topological polar surface area (TPSA) is 0 Å². The van der Waals surface area contributed by atoms with Gasteiger partial charge in [-0.2, -0.15) is 0 Å². The van der Waals surface area contributed by atoms with Crippen molar-refractivity contribution in [1.29, 1.82) is 0 Å². The second-order valence-corrected chi connectivity index (χ2v) is 24.6. The molecule has 0 nitrogen and oxygen atoms in total. The normalized spacial score (nSPS) is 13.7. The minimum atomic E-state index is -2.62. The van der Waals surface area contributed by atoms with Crippen LogP contribution in [0.4, 0.5) is 0 Å². The Bertz CT molecular complexity index is 2050. The average molecular weight is 768 g/mol. The van der Waals surface area contributed by atoms with Crippen LogP contribution >= 0.6 is 0 Å². The number of allylic oxidation sites excluding steroid dienone is 4. The van der Waals surface area contributed by atoms with Gasteiger partial charge in [0, 0.05) is 0 Å². The van der Waals surface area contributed by atoms with Crippen LogP contribution < -0.4 is 3.27 Å². The average Bonchev–Trinajstić information content (AvgIpc) is 3.71. The molecular formula is C51H64Zr. The quantitative estimate of drug-likeness (QED) is 0.133. The van der Waals surface area contributed by atoms with Gasteiger partial charge in [-0.15, -0.1) is 0 Å². The van der Waals surface area contributed by atoms with Crippen LogP contribution in [0.5, 0.6) is 0 Å². The van der Waals surface area contributed by atoms with Crippen molar-refractivity contribution in [3.05, 3.63) is 121 Å². The molecule has 1 heteroatoms. The first kappa shape index (κ1) is 38.8. The Labute approximate surface area is 325 Å². The van der Waals surface area contributed by atoms with Crippen LogP contribution in [0.15, 0.2) is 76.1 Å². The van der Waals surface area contributed by atoms with Crippen LogP contribution in [0.1, 0.15) is 145 Å². The Morgan fingerprint density at radius 1 is 0.615 bits per heavy atom. The van der Waals surface area contributed by atoms with Gasteiger partial charge in [-0.1, -0.05) is 0 Å². The summed E-state index contributed by atoms with van der Waals surface area (Å²) in [5.41, 5.74) is 20.4. The first-order valence-electron chi connectivity index (χ1n) is 20.2. The van der Waals surface area contributed by atoms with Crippen molar-refractivity contribution in [1.82, 2.24) is 0 Å². The van der Waals surface area contributed by atoms with Crippen LogP contribution in [-0.4, -0.2) is 3.21 Å². The van der Waals surface area contributed by atoms with Crippen molar-refractivity contribution in [2.45, 2.75) is 145 Å². The van der Waals surface area contributed by atoms with Gasteiger partial charge >= 0.3 is 327 Å². The zero-order chi connectivity index (χ0) is 37.5. The van der Waals surface area contributed by atoms with Crippen molar-refractivity contribution in [3.8, 4) is 33.4 Å². The second kappa shape index (κ2) is 15.5. The van der Waals surface area contributed by atoms with Gasteiger partial charge in [0.1, 0.15) is 0 Å². The summed E-state index contributed by atoms with van der Waals surface area (Å²) in [6.45, 7) is 28.4. The summed E-state index contributed by atoms with van der Waals surface area (Å²) in [6.07, 6.45) is 17.3. The summed E-state index contributed by atoms with van der Waals surface area (Å²) in [5, 5.41) is 0. The van der Waals surface area contributed by atoms with E-state index in [1.807, 2.05) is 3.21 Å². The van der Waals surface area contributed by atoms with Crippen molar-refractivity contribution in [2.24, 2.45) is 0 Å². The summed E-state index contributed by atoms with van der Waals surface area (Å²) in [5.74, 6) is 0. The third kappa shape index (κ3) is 7.97. The van der Waals surface area contributed by atoms with Crippen LogP contribution in [-0.2, 0) is 38.5 Å². The molecule has 0 atom stereocenters. The molecule has 0 spiro atoms. The van der Waals surface area contributed by atoms with Gasteiger partial charge in [-0.05, 0) is 0 Å². The van der Waals surface area contributed by atoms with Gasteiger partial charge < -0.3 is 0 Å². The monoisotopic (exact) mass is 766 g/mol. The molecule has 2 aliphatic carbocycles. The minimum absolute atomic E-state index is 0.00498. The Hall–Kier alpha value is -2.89. The zero-order valence-electron chi connectivity index (χ0n) is 34.6. The Morgan fingerprint density at radius 2 is 1.15 bits per heavy atom. The third-order valence-corrected chi connectivity index (χ3v) is 19.4. The van der Waals surface area contributed by atoms with Crippen LogP contribution in [0.3, 0.4) is 0 Å². The molecule has 0 saturated carbocycles. The van der Waals surface area contributed by atoms with Crippen molar-refractivity contribution >= 4 is 6.48 Å². The van der Waals surface area contributed by atoms with E-state index in [1.54, 1.807) is 17.7 Å². The van der Waals surface area contributed by atoms with Gasteiger partial charge in [0.05, 0.1) is 0 Å². The number of fused-ring (bicyclic) bond motifs is 3. The Balaban J connectivity index is 1.77. The van der Waals surface area contributed by atoms with E-state index >= 15 is 0 Å². The van der Waals surface area contributed by atoms with Gasteiger partial charge in [-0.25, -0.2) is 0 Å². The van der Waals surface area contributed by atoms with E-state index in [4.69, 9.17) is 0 Å². The predicted octanol–water partition coefficient (Wildman–Crippen LogP) is 14.1. The molecule has 0 fully saturated rings. The molecule has 4 aromatic rings. The first-order chi connectivity index (χ1) is 24.6. The Kier molecular flexibility index (Phi) is 11.5. The van der Waals surface area contributed by atoms with E-state index in [0.29, 0.717) is 0 Å². The molecular weight excluding hydrogens is 704 g/mol. The van der Waals surface area contributed by atoms with Gasteiger partial charge in [0.15, 0.2) is 0 Å². The summed E-state index contributed by atoms with van der Waals surface area (Å²) in [7, 11) is 0.